The number of ether oxygens (including phenoxy) is 2. The van der Waals surface area contributed by atoms with Gasteiger partial charge in [0.2, 0.25) is 0 Å². The van der Waals surface area contributed by atoms with Gasteiger partial charge in [0.25, 0.3) is 0 Å². The van der Waals surface area contributed by atoms with Crippen LogP contribution in [0.2, 0.25) is 0 Å². The summed E-state index contributed by atoms with van der Waals surface area (Å²) in [5.41, 5.74) is 3.30. The Morgan fingerprint density at radius 1 is 1.22 bits per heavy atom. The van der Waals surface area contributed by atoms with Gasteiger partial charge in [0, 0.05) is 36.0 Å². The fourth-order valence-electron chi connectivity index (χ4n) is 3.07. The molecular weight excluding hydrogens is 348 g/mol. The Bertz CT molecular complexity index is 968. The second-order valence-electron chi connectivity index (χ2n) is 6.22. The van der Waals surface area contributed by atoms with Gasteiger partial charge in [0.15, 0.2) is 0 Å². The molecule has 0 aliphatic rings. The van der Waals surface area contributed by atoms with Gasteiger partial charge < -0.3 is 19.8 Å². The number of pyridine rings is 1. The predicted molar refractivity (Wildman–Crippen MR) is 104 cm³/mol. The molecule has 3 aromatic rings. The first-order valence-electron chi connectivity index (χ1n) is 8.60. The fourth-order valence-corrected chi connectivity index (χ4v) is 3.07. The summed E-state index contributed by atoms with van der Waals surface area (Å²) in [6.07, 6.45) is 4.50. The average molecular weight is 370 g/mol. The maximum Gasteiger partial charge on any atom is 0.310 e. The van der Waals surface area contributed by atoms with Gasteiger partial charge >= 0.3 is 5.69 Å². The number of hydrogen-bond acceptors (Lipinski definition) is 6. The number of benzene rings is 1. The lowest BCUT2D eigenvalue weighted by Gasteiger charge is -2.09. The van der Waals surface area contributed by atoms with Gasteiger partial charge in [-0.25, -0.2) is 0 Å². The summed E-state index contributed by atoms with van der Waals surface area (Å²) in [5, 5.41) is 15.3. The van der Waals surface area contributed by atoms with Crippen LogP contribution in [0.25, 0.3) is 10.9 Å². The van der Waals surface area contributed by atoms with Crippen molar-refractivity contribution in [1.82, 2.24) is 9.97 Å². The van der Waals surface area contributed by atoms with E-state index in [0.29, 0.717) is 12.2 Å². The smallest absolute Gasteiger partial charge is 0.310 e. The van der Waals surface area contributed by atoms with Crippen molar-refractivity contribution in [2.45, 2.75) is 19.8 Å². The van der Waals surface area contributed by atoms with Crippen molar-refractivity contribution >= 4 is 22.3 Å². The van der Waals surface area contributed by atoms with Gasteiger partial charge in [0.05, 0.1) is 24.7 Å². The second-order valence-corrected chi connectivity index (χ2v) is 6.22. The van der Waals surface area contributed by atoms with Crippen LogP contribution in [0.15, 0.2) is 30.6 Å². The van der Waals surface area contributed by atoms with E-state index in [9.17, 15) is 10.1 Å². The van der Waals surface area contributed by atoms with E-state index in [1.165, 1.54) is 6.20 Å². The lowest BCUT2D eigenvalue weighted by molar-refractivity contribution is -0.384. The van der Waals surface area contributed by atoms with Crippen molar-refractivity contribution in [3.63, 3.8) is 0 Å². The number of nitro groups is 1. The summed E-state index contributed by atoms with van der Waals surface area (Å²) in [5.74, 6) is 1.49. The zero-order valence-corrected chi connectivity index (χ0v) is 15.5. The quantitative estimate of drug-likeness (QED) is 0.355. The molecule has 0 saturated carbocycles. The van der Waals surface area contributed by atoms with Crippen molar-refractivity contribution in [2.75, 3.05) is 26.1 Å². The molecule has 0 amide bonds. The third-order valence-corrected chi connectivity index (χ3v) is 4.42. The molecule has 0 unspecified atom stereocenters. The molecule has 0 saturated heterocycles. The molecule has 0 atom stereocenters. The maximum absolute atomic E-state index is 11.1. The molecule has 1 aromatic carbocycles. The highest BCUT2D eigenvalue weighted by Gasteiger charge is 2.16. The Kier molecular flexibility index (Phi) is 5.44. The van der Waals surface area contributed by atoms with Gasteiger partial charge in [-0.05, 0) is 31.4 Å². The number of aryl methyl sites for hydroxylation is 2. The number of hydrogen-bond donors (Lipinski definition) is 2. The maximum atomic E-state index is 11.1. The number of H-pyrrole nitrogens is 1. The Hall–Kier alpha value is -3.29. The Labute approximate surface area is 156 Å². The van der Waals surface area contributed by atoms with Crippen molar-refractivity contribution < 1.29 is 14.4 Å². The number of nitrogens with zero attached hydrogens (tertiary/aromatic N) is 2. The minimum atomic E-state index is -0.417. The number of rotatable bonds is 8. The molecule has 2 N–H and O–H groups in total. The summed E-state index contributed by atoms with van der Waals surface area (Å²) < 4.78 is 10.7. The van der Waals surface area contributed by atoms with Gasteiger partial charge in [0.1, 0.15) is 23.4 Å². The average Bonchev–Trinajstić information content (AvgIpc) is 3.07. The Morgan fingerprint density at radius 2 is 2.04 bits per heavy atom. The minimum absolute atomic E-state index is 0.00237. The number of methoxy groups -OCH3 is 2. The topological polar surface area (TPSA) is 102 Å². The fraction of sp³-hybridized carbons (Fsp3) is 0.316. The van der Waals surface area contributed by atoms with Crippen LogP contribution in [0.4, 0.5) is 11.4 Å². The van der Waals surface area contributed by atoms with Gasteiger partial charge in [-0.3, -0.25) is 15.1 Å². The van der Waals surface area contributed by atoms with E-state index in [-0.39, 0.29) is 5.69 Å². The summed E-state index contributed by atoms with van der Waals surface area (Å²) in [4.78, 5) is 18.0. The molecule has 2 heterocycles. The molecule has 0 aliphatic heterocycles. The highest BCUT2D eigenvalue weighted by molar-refractivity contribution is 5.88. The van der Waals surface area contributed by atoms with Gasteiger partial charge in [-0.2, -0.15) is 0 Å². The van der Waals surface area contributed by atoms with E-state index in [1.54, 1.807) is 27.3 Å². The molecule has 3 rings (SSSR count). The molecule has 0 aliphatic carbocycles. The predicted octanol–water partition coefficient (Wildman–Crippen LogP) is 3.84. The Balaban J connectivity index is 1.67. The molecule has 0 radical (unpaired) electrons. The molecule has 27 heavy (non-hydrogen) atoms. The van der Waals surface area contributed by atoms with Crippen LogP contribution in [0.5, 0.6) is 11.5 Å². The van der Waals surface area contributed by atoms with Gasteiger partial charge in [-0.15, -0.1) is 0 Å². The molecule has 8 heteroatoms. The first kappa shape index (κ1) is 18.5. The van der Waals surface area contributed by atoms with Crippen molar-refractivity contribution in [1.29, 1.82) is 0 Å². The summed E-state index contributed by atoms with van der Waals surface area (Å²) in [6.45, 7) is 2.42. The van der Waals surface area contributed by atoms with E-state index < -0.39 is 4.92 Å². The molecule has 8 nitrogen and oxygen atoms in total. The highest BCUT2D eigenvalue weighted by atomic mass is 16.6. The van der Waals surface area contributed by atoms with Crippen LogP contribution in [-0.2, 0) is 6.42 Å². The zero-order valence-electron chi connectivity index (χ0n) is 15.5. The van der Waals surface area contributed by atoms with E-state index in [2.05, 4.69) is 21.4 Å². The van der Waals surface area contributed by atoms with E-state index in [1.807, 2.05) is 12.1 Å². The van der Waals surface area contributed by atoms with E-state index >= 15 is 0 Å². The molecule has 142 valence electrons. The SMILES string of the molecule is COc1cc(OC)c2cc(CCCNc3c(C)cncc3[N+](=O)[O-])[nH]c2c1. The first-order valence-corrected chi connectivity index (χ1v) is 8.60. The molecule has 0 spiro atoms. The van der Waals surface area contributed by atoms with Crippen LogP contribution in [0, 0.1) is 17.0 Å². The number of aromatic nitrogens is 2. The first-order chi connectivity index (χ1) is 13.0. The second kappa shape index (κ2) is 7.94. The number of fused-ring (bicyclic) bond motifs is 1. The summed E-state index contributed by atoms with van der Waals surface area (Å²) >= 11 is 0. The summed E-state index contributed by atoms with van der Waals surface area (Å²) in [7, 11) is 3.26. The van der Waals surface area contributed by atoms with Crippen molar-refractivity contribution in [3.8, 4) is 11.5 Å². The van der Waals surface area contributed by atoms with Crippen LogP contribution in [0.1, 0.15) is 17.7 Å². The van der Waals surface area contributed by atoms with E-state index in [0.717, 1.165) is 46.5 Å². The molecule has 0 bridgehead atoms. The van der Waals surface area contributed by atoms with Crippen LogP contribution in [0.3, 0.4) is 0 Å². The lowest BCUT2D eigenvalue weighted by Crippen LogP contribution is -2.07. The lowest BCUT2D eigenvalue weighted by atomic mass is 10.2. The minimum Gasteiger partial charge on any atom is -0.497 e. The highest BCUT2D eigenvalue weighted by Crippen LogP contribution is 2.32. The molecule has 0 fully saturated rings. The molecular formula is C19H22N4O4. The molecule has 2 aromatic heterocycles. The van der Waals surface area contributed by atoms with Crippen molar-refractivity contribution in [2.24, 2.45) is 0 Å². The third kappa shape index (κ3) is 3.94. The van der Waals surface area contributed by atoms with E-state index in [4.69, 9.17) is 9.47 Å². The monoisotopic (exact) mass is 370 g/mol. The largest absolute Gasteiger partial charge is 0.497 e. The zero-order chi connectivity index (χ0) is 19.4. The van der Waals surface area contributed by atoms with Crippen LogP contribution >= 0.6 is 0 Å². The summed E-state index contributed by atoms with van der Waals surface area (Å²) in [6, 6.07) is 5.85. The number of nitrogens with one attached hydrogen (secondary N) is 2. The van der Waals surface area contributed by atoms with Gasteiger partial charge in [-0.1, -0.05) is 0 Å². The number of aromatic amines is 1. The normalized spacial score (nSPS) is 10.8. The van der Waals surface area contributed by atoms with Crippen LogP contribution in [-0.4, -0.2) is 35.7 Å². The standard InChI is InChI=1S/C19H22N4O4/c1-12-10-20-11-17(23(24)25)19(12)21-6-4-5-13-7-15-16(22-13)8-14(26-2)9-18(15)27-3/h7-11,22H,4-6H2,1-3H3,(H,20,21). The third-order valence-electron chi connectivity index (χ3n) is 4.42. The van der Waals surface area contributed by atoms with Crippen LogP contribution < -0.4 is 14.8 Å². The van der Waals surface area contributed by atoms with Crippen molar-refractivity contribution in [3.05, 3.63) is 52.0 Å². The Morgan fingerprint density at radius 3 is 2.74 bits per heavy atom. The number of anilines is 1.